The third kappa shape index (κ3) is 5.34. The summed E-state index contributed by atoms with van der Waals surface area (Å²) in [6.45, 7) is 8.08. The van der Waals surface area contributed by atoms with Crippen LogP contribution in [0.5, 0.6) is 0 Å². The Bertz CT molecular complexity index is 330. The van der Waals surface area contributed by atoms with E-state index in [4.69, 9.17) is 9.84 Å². The molecule has 2 amide bonds. The van der Waals surface area contributed by atoms with E-state index in [0.29, 0.717) is 6.54 Å². The zero-order valence-corrected chi connectivity index (χ0v) is 12.5. The highest BCUT2D eigenvalue weighted by Crippen LogP contribution is 2.03. The fourth-order valence-corrected chi connectivity index (χ4v) is 1.97. The zero-order valence-electron chi connectivity index (χ0n) is 12.5. The van der Waals surface area contributed by atoms with E-state index in [2.05, 4.69) is 10.2 Å². The molecule has 0 aliphatic carbocycles. The van der Waals surface area contributed by atoms with Gasteiger partial charge < -0.3 is 20.1 Å². The molecular formula is C13H25N3O4. The van der Waals surface area contributed by atoms with Crippen molar-refractivity contribution >= 4 is 12.0 Å². The molecule has 0 spiro atoms. The Morgan fingerprint density at radius 3 is 2.45 bits per heavy atom. The summed E-state index contributed by atoms with van der Waals surface area (Å²) < 4.78 is 5.26. The Morgan fingerprint density at radius 2 is 1.95 bits per heavy atom. The van der Waals surface area contributed by atoms with Gasteiger partial charge in [0.2, 0.25) is 0 Å². The van der Waals surface area contributed by atoms with Gasteiger partial charge in [-0.3, -0.25) is 4.90 Å². The van der Waals surface area contributed by atoms with E-state index < -0.39 is 12.0 Å². The summed E-state index contributed by atoms with van der Waals surface area (Å²) in [4.78, 5) is 26.7. The van der Waals surface area contributed by atoms with E-state index in [1.807, 2.05) is 0 Å². The standard InChI is InChI=1S/C13H25N3O4/c1-10(2)11(12(17)18)14-13(19)15(3)4-5-16-6-8-20-9-7-16/h10-11H,4-9H2,1-3H3,(H,14,19)(H,17,18). The summed E-state index contributed by atoms with van der Waals surface area (Å²) in [6.07, 6.45) is 0. The minimum atomic E-state index is -1.00. The number of likely N-dealkylation sites (N-methyl/N-ethyl adjacent to an activating group) is 1. The molecule has 1 aliphatic rings. The Kier molecular flexibility index (Phi) is 6.74. The summed E-state index contributed by atoms with van der Waals surface area (Å²) in [5.74, 6) is -1.15. The summed E-state index contributed by atoms with van der Waals surface area (Å²) >= 11 is 0. The van der Waals surface area contributed by atoms with Crippen LogP contribution in [0.15, 0.2) is 0 Å². The molecule has 20 heavy (non-hydrogen) atoms. The molecule has 0 saturated carbocycles. The topological polar surface area (TPSA) is 82.1 Å². The van der Waals surface area contributed by atoms with Crippen molar-refractivity contribution < 1.29 is 19.4 Å². The highest BCUT2D eigenvalue weighted by Gasteiger charge is 2.24. The molecule has 0 aromatic rings. The van der Waals surface area contributed by atoms with E-state index in [1.165, 1.54) is 4.90 Å². The van der Waals surface area contributed by atoms with Gasteiger partial charge in [-0.05, 0) is 5.92 Å². The summed E-state index contributed by atoms with van der Waals surface area (Å²) in [5, 5.41) is 11.6. The minimum Gasteiger partial charge on any atom is -0.480 e. The number of nitrogens with zero attached hydrogens (tertiary/aromatic N) is 2. The summed E-state index contributed by atoms with van der Waals surface area (Å²) in [6, 6.07) is -1.20. The SMILES string of the molecule is CC(C)C(NC(=O)N(C)CCN1CCOCC1)C(=O)O. The number of amides is 2. The molecular weight excluding hydrogens is 262 g/mol. The molecule has 2 N–H and O–H groups in total. The smallest absolute Gasteiger partial charge is 0.326 e. The van der Waals surface area contributed by atoms with Crippen LogP contribution in [-0.4, -0.2) is 79.4 Å². The maximum absolute atomic E-state index is 11.9. The number of carboxylic acids is 1. The number of aliphatic carboxylic acids is 1. The highest BCUT2D eigenvalue weighted by atomic mass is 16.5. The highest BCUT2D eigenvalue weighted by molar-refractivity contribution is 5.82. The second-order valence-electron chi connectivity index (χ2n) is 5.38. The second kappa shape index (κ2) is 8.06. The maximum Gasteiger partial charge on any atom is 0.326 e. The third-order valence-corrected chi connectivity index (χ3v) is 3.41. The van der Waals surface area contributed by atoms with Crippen LogP contribution in [-0.2, 0) is 9.53 Å². The molecule has 1 unspecified atom stereocenters. The number of hydrogen-bond donors (Lipinski definition) is 2. The lowest BCUT2D eigenvalue weighted by molar-refractivity contribution is -0.140. The lowest BCUT2D eigenvalue weighted by Crippen LogP contribution is -2.50. The quantitative estimate of drug-likeness (QED) is 0.722. The first-order chi connectivity index (χ1) is 9.41. The van der Waals surface area contributed by atoms with Gasteiger partial charge in [-0.2, -0.15) is 0 Å². The van der Waals surface area contributed by atoms with Crippen LogP contribution < -0.4 is 5.32 Å². The van der Waals surface area contributed by atoms with Crippen molar-refractivity contribution in [1.82, 2.24) is 15.1 Å². The Hall–Kier alpha value is -1.34. The van der Waals surface area contributed by atoms with E-state index in [9.17, 15) is 9.59 Å². The number of ether oxygens (including phenoxy) is 1. The molecule has 7 nitrogen and oxygen atoms in total. The van der Waals surface area contributed by atoms with Crippen LogP contribution in [0.4, 0.5) is 4.79 Å². The number of nitrogens with one attached hydrogen (secondary N) is 1. The molecule has 1 fully saturated rings. The first-order valence-corrected chi connectivity index (χ1v) is 6.96. The third-order valence-electron chi connectivity index (χ3n) is 3.41. The minimum absolute atomic E-state index is 0.149. The Morgan fingerprint density at radius 1 is 1.35 bits per heavy atom. The number of urea groups is 1. The predicted molar refractivity (Wildman–Crippen MR) is 74.7 cm³/mol. The summed E-state index contributed by atoms with van der Waals surface area (Å²) in [7, 11) is 1.68. The van der Waals surface area contributed by atoms with Crippen LogP contribution in [0.3, 0.4) is 0 Å². The Labute approximate surface area is 119 Å². The number of morpholine rings is 1. The molecule has 0 bridgehead atoms. The lowest BCUT2D eigenvalue weighted by atomic mass is 10.1. The molecule has 0 aromatic heterocycles. The number of rotatable bonds is 6. The van der Waals surface area contributed by atoms with Crippen LogP contribution >= 0.6 is 0 Å². The zero-order chi connectivity index (χ0) is 15.1. The normalized spacial score (nSPS) is 17.8. The number of carbonyl (C=O) groups is 2. The lowest BCUT2D eigenvalue weighted by Gasteiger charge is -2.29. The van der Waals surface area contributed by atoms with E-state index >= 15 is 0 Å². The fraction of sp³-hybridized carbons (Fsp3) is 0.846. The van der Waals surface area contributed by atoms with E-state index in [0.717, 1.165) is 32.8 Å². The van der Waals surface area contributed by atoms with Crippen molar-refractivity contribution in [3.05, 3.63) is 0 Å². The van der Waals surface area contributed by atoms with Gasteiger partial charge in [-0.15, -0.1) is 0 Å². The molecule has 7 heteroatoms. The van der Waals surface area contributed by atoms with Gasteiger partial charge in [0, 0.05) is 33.2 Å². The first kappa shape index (κ1) is 16.7. The number of carboxylic acid groups (broad SMARTS) is 1. The van der Waals surface area contributed by atoms with E-state index in [1.54, 1.807) is 20.9 Å². The molecule has 1 atom stereocenters. The monoisotopic (exact) mass is 287 g/mol. The molecule has 0 aromatic carbocycles. The first-order valence-electron chi connectivity index (χ1n) is 6.96. The molecule has 1 saturated heterocycles. The van der Waals surface area contributed by atoms with Gasteiger partial charge in [-0.1, -0.05) is 13.8 Å². The van der Waals surface area contributed by atoms with Crippen LogP contribution in [0.2, 0.25) is 0 Å². The van der Waals surface area contributed by atoms with Gasteiger partial charge in [0.05, 0.1) is 13.2 Å². The average molecular weight is 287 g/mol. The summed E-state index contributed by atoms with van der Waals surface area (Å²) in [5.41, 5.74) is 0. The predicted octanol–water partition coefficient (Wildman–Crippen LogP) is 0.0692. The molecule has 0 radical (unpaired) electrons. The molecule has 1 heterocycles. The van der Waals surface area contributed by atoms with Gasteiger partial charge >= 0.3 is 12.0 Å². The Balaban J connectivity index is 2.35. The molecule has 1 aliphatic heterocycles. The van der Waals surface area contributed by atoms with Gasteiger partial charge in [-0.25, -0.2) is 9.59 Å². The second-order valence-corrected chi connectivity index (χ2v) is 5.38. The maximum atomic E-state index is 11.9. The van der Waals surface area contributed by atoms with Crippen molar-refractivity contribution in [1.29, 1.82) is 0 Å². The number of carbonyl (C=O) groups excluding carboxylic acids is 1. The van der Waals surface area contributed by atoms with Gasteiger partial charge in [0.1, 0.15) is 6.04 Å². The fourth-order valence-electron chi connectivity index (χ4n) is 1.97. The molecule has 116 valence electrons. The van der Waals surface area contributed by atoms with Gasteiger partial charge in [0.15, 0.2) is 0 Å². The van der Waals surface area contributed by atoms with Crippen molar-refractivity contribution in [2.24, 2.45) is 5.92 Å². The van der Waals surface area contributed by atoms with Crippen LogP contribution in [0.1, 0.15) is 13.8 Å². The van der Waals surface area contributed by atoms with Crippen LogP contribution in [0, 0.1) is 5.92 Å². The van der Waals surface area contributed by atoms with Crippen molar-refractivity contribution in [2.45, 2.75) is 19.9 Å². The van der Waals surface area contributed by atoms with Crippen molar-refractivity contribution in [3.8, 4) is 0 Å². The number of hydrogen-bond acceptors (Lipinski definition) is 4. The molecule has 1 rings (SSSR count). The van der Waals surface area contributed by atoms with Gasteiger partial charge in [0.25, 0.3) is 0 Å². The van der Waals surface area contributed by atoms with Crippen molar-refractivity contribution in [2.75, 3.05) is 46.4 Å². The van der Waals surface area contributed by atoms with E-state index in [-0.39, 0.29) is 11.9 Å². The van der Waals surface area contributed by atoms with Crippen LogP contribution in [0.25, 0.3) is 0 Å². The van der Waals surface area contributed by atoms with Crippen molar-refractivity contribution in [3.63, 3.8) is 0 Å². The largest absolute Gasteiger partial charge is 0.480 e. The average Bonchev–Trinajstić information content (AvgIpc) is 2.42.